The lowest BCUT2D eigenvalue weighted by Gasteiger charge is -2.36. The van der Waals surface area contributed by atoms with Crippen LogP contribution in [0.4, 0.5) is 11.4 Å². The molecule has 3 heterocycles. The quantitative estimate of drug-likeness (QED) is 0.449. The average Bonchev–Trinajstić information content (AvgIpc) is 3.29. The molecular formula is C22H22N6O2S. The van der Waals surface area contributed by atoms with Crippen LogP contribution in [0.3, 0.4) is 0 Å². The molecule has 0 saturated carbocycles. The SMILES string of the molecule is C#CCN1CCN(c2ccccc2NC(=O)CSc2nnc(-c3ccccn3)o2)CC1. The minimum Gasteiger partial charge on any atom is -0.410 e. The van der Waals surface area contributed by atoms with Crippen molar-refractivity contribution >= 4 is 29.0 Å². The highest BCUT2D eigenvalue weighted by atomic mass is 32.2. The van der Waals surface area contributed by atoms with Crippen molar-refractivity contribution in [2.45, 2.75) is 5.22 Å². The third-order valence-corrected chi connectivity index (χ3v) is 5.64. The smallest absolute Gasteiger partial charge is 0.277 e. The molecule has 0 atom stereocenters. The van der Waals surface area contributed by atoms with Gasteiger partial charge in [-0.25, -0.2) is 0 Å². The predicted molar refractivity (Wildman–Crippen MR) is 121 cm³/mol. The Bertz CT molecular complexity index is 1060. The van der Waals surface area contributed by atoms with Crippen LogP contribution < -0.4 is 10.2 Å². The Kier molecular flexibility index (Phi) is 6.82. The minimum absolute atomic E-state index is 0.138. The topological polar surface area (TPSA) is 87.4 Å². The van der Waals surface area contributed by atoms with E-state index in [0.29, 0.717) is 23.4 Å². The summed E-state index contributed by atoms with van der Waals surface area (Å²) in [5.41, 5.74) is 2.40. The number of hydrogen-bond donors (Lipinski definition) is 1. The van der Waals surface area contributed by atoms with Gasteiger partial charge in [-0.15, -0.1) is 16.6 Å². The molecule has 0 bridgehead atoms. The lowest BCUT2D eigenvalue weighted by atomic mass is 10.2. The van der Waals surface area contributed by atoms with Gasteiger partial charge in [0, 0.05) is 32.4 Å². The van der Waals surface area contributed by atoms with Crippen LogP contribution in [0.5, 0.6) is 0 Å². The molecule has 1 aliphatic rings. The summed E-state index contributed by atoms with van der Waals surface area (Å²) in [5, 5.41) is 11.3. The maximum absolute atomic E-state index is 12.6. The highest BCUT2D eigenvalue weighted by Crippen LogP contribution is 2.27. The third kappa shape index (κ3) is 5.42. The summed E-state index contributed by atoms with van der Waals surface area (Å²) in [6, 6.07) is 13.3. The molecule has 158 valence electrons. The summed E-state index contributed by atoms with van der Waals surface area (Å²) >= 11 is 1.19. The predicted octanol–water partition coefficient (Wildman–Crippen LogP) is 2.62. The zero-order chi connectivity index (χ0) is 21.5. The molecular weight excluding hydrogens is 412 g/mol. The number of nitrogens with one attached hydrogen (secondary N) is 1. The largest absolute Gasteiger partial charge is 0.410 e. The number of pyridine rings is 1. The van der Waals surface area contributed by atoms with Crippen LogP contribution in [0.15, 0.2) is 58.3 Å². The highest BCUT2D eigenvalue weighted by molar-refractivity contribution is 7.99. The van der Waals surface area contributed by atoms with Gasteiger partial charge in [-0.3, -0.25) is 14.7 Å². The minimum atomic E-state index is -0.138. The number of amides is 1. The van der Waals surface area contributed by atoms with E-state index in [0.717, 1.165) is 37.6 Å². The summed E-state index contributed by atoms with van der Waals surface area (Å²) in [6.45, 7) is 4.20. The molecule has 1 aromatic carbocycles. The highest BCUT2D eigenvalue weighted by Gasteiger charge is 2.19. The zero-order valence-electron chi connectivity index (χ0n) is 16.9. The van der Waals surface area contributed by atoms with Crippen molar-refractivity contribution in [2.24, 2.45) is 0 Å². The molecule has 1 amide bonds. The van der Waals surface area contributed by atoms with E-state index in [2.05, 4.69) is 36.2 Å². The maximum Gasteiger partial charge on any atom is 0.277 e. The van der Waals surface area contributed by atoms with Crippen LogP contribution >= 0.6 is 11.8 Å². The van der Waals surface area contributed by atoms with Gasteiger partial charge in [-0.2, -0.15) is 0 Å². The van der Waals surface area contributed by atoms with Gasteiger partial charge in [0.25, 0.3) is 11.1 Å². The lowest BCUT2D eigenvalue weighted by Crippen LogP contribution is -2.46. The van der Waals surface area contributed by atoms with Crippen molar-refractivity contribution in [3.8, 4) is 23.9 Å². The van der Waals surface area contributed by atoms with E-state index in [1.165, 1.54) is 11.8 Å². The second kappa shape index (κ2) is 10.1. The van der Waals surface area contributed by atoms with Gasteiger partial charge in [-0.05, 0) is 24.3 Å². The molecule has 4 rings (SSSR count). The Balaban J connectivity index is 1.33. The van der Waals surface area contributed by atoms with Gasteiger partial charge >= 0.3 is 0 Å². The number of terminal acetylenes is 1. The Hall–Kier alpha value is -3.35. The number of para-hydroxylation sites is 2. The van der Waals surface area contributed by atoms with E-state index >= 15 is 0 Å². The van der Waals surface area contributed by atoms with Gasteiger partial charge in [-0.1, -0.05) is 35.9 Å². The van der Waals surface area contributed by atoms with Gasteiger partial charge in [0.2, 0.25) is 5.91 Å². The molecule has 1 N–H and O–H groups in total. The first-order valence-electron chi connectivity index (χ1n) is 9.90. The van der Waals surface area contributed by atoms with E-state index in [-0.39, 0.29) is 11.7 Å². The molecule has 31 heavy (non-hydrogen) atoms. The monoisotopic (exact) mass is 434 g/mol. The van der Waals surface area contributed by atoms with Crippen LogP contribution in [-0.2, 0) is 4.79 Å². The zero-order valence-corrected chi connectivity index (χ0v) is 17.7. The van der Waals surface area contributed by atoms with Crippen LogP contribution in [0.1, 0.15) is 0 Å². The second-order valence-corrected chi connectivity index (χ2v) is 7.84. The number of carbonyl (C=O) groups is 1. The fraction of sp³-hybridized carbons (Fsp3) is 0.273. The Labute approximate surface area is 185 Å². The first kappa shape index (κ1) is 20.9. The molecule has 8 nitrogen and oxygen atoms in total. The molecule has 0 spiro atoms. The Morgan fingerprint density at radius 2 is 1.94 bits per heavy atom. The van der Waals surface area contributed by atoms with E-state index in [9.17, 15) is 4.79 Å². The first-order chi connectivity index (χ1) is 15.2. The number of hydrogen-bond acceptors (Lipinski definition) is 8. The Morgan fingerprint density at radius 3 is 2.71 bits per heavy atom. The van der Waals surface area contributed by atoms with Crippen LogP contribution in [0.2, 0.25) is 0 Å². The van der Waals surface area contributed by atoms with Crippen LogP contribution in [-0.4, -0.2) is 64.5 Å². The summed E-state index contributed by atoms with van der Waals surface area (Å²) in [5.74, 6) is 3.05. The maximum atomic E-state index is 12.6. The molecule has 1 fully saturated rings. The summed E-state index contributed by atoms with van der Waals surface area (Å²) < 4.78 is 5.59. The first-order valence-corrected chi connectivity index (χ1v) is 10.9. The van der Waals surface area contributed by atoms with Crippen molar-refractivity contribution in [1.29, 1.82) is 0 Å². The fourth-order valence-corrected chi connectivity index (χ4v) is 3.87. The average molecular weight is 435 g/mol. The summed E-state index contributed by atoms with van der Waals surface area (Å²) in [4.78, 5) is 21.3. The Morgan fingerprint density at radius 1 is 1.13 bits per heavy atom. The van der Waals surface area contributed by atoms with E-state index in [4.69, 9.17) is 10.8 Å². The third-order valence-electron chi connectivity index (χ3n) is 4.82. The van der Waals surface area contributed by atoms with Gasteiger partial charge in [0.05, 0.1) is 23.7 Å². The molecule has 0 unspecified atom stereocenters. The van der Waals surface area contributed by atoms with E-state index in [1.807, 2.05) is 36.4 Å². The van der Waals surface area contributed by atoms with E-state index in [1.54, 1.807) is 12.3 Å². The normalized spacial score (nSPS) is 14.2. The number of nitrogens with zero attached hydrogens (tertiary/aromatic N) is 5. The number of benzene rings is 1. The molecule has 9 heteroatoms. The van der Waals surface area contributed by atoms with Crippen molar-refractivity contribution in [3.05, 3.63) is 48.7 Å². The number of anilines is 2. The number of piperazine rings is 1. The lowest BCUT2D eigenvalue weighted by molar-refractivity contribution is -0.113. The summed E-state index contributed by atoms with van der Waals surface area (Å²) in [6.07, 6.45) is 7.07. The van der Waals surface area contributed by atoms with Crippen LogP contribution in [0, 0.1) is 12.3 Å². The molecule has 1 saturated heterocycles. The number of rotatable bonds is 7. The second-order valence-electron chi connectivity index (χ2n) is 6.91. The molecule has 0 aliphatic carbocycles. The molecule has 3 aromatic rings. The number of aromatic nitrogens is 3. The van der Waals surface area contributed by atoms with Crippen molar-refractivity contribution < 1.29 is 9.21 Å². The molecule has 1 aliphatic heterocycles. The standard InChI is InChI=1S/C22H22N6O2S/c1-2-11-27-12-14-28(15-13-27)19-9-4-3-7-17(19)24-20(29)16-31-22-26-25-21(30-22)18-8-5-6-10-23-18/h1,3-10H,11-16H2,(H,24,29). The van der Waals surface area contributed by atoms with Gasteiger partial charge in [0.1, 0.15) is 5.69 Å². The van der Waals surface area contributed by atoms with Crippen molar-refractivity contribution in [1.82, 2.24) is 20.1 Å². The van der Waals surface area contributed by atoms with Gasteiger partial charge in [0.15, 0.2) is 0 Å². The molecule has 0 radical (unpaired) electrons. The number of thioether (sulfide) groups is 1. The molecule has 2 aromatic heterocycles. The van der Waals surface area contributed by atoms with Crippen molar-refractivity contribution in [2.75, 3.05) is 48.7 Å². The van der Waals surface area contributed by atoms with Gasteiger partial charge < -0.3 is 14.6 Å². The number of carbonyl (C=O) groups excluding carboxylic acids is 1. The van der Waals surface area contributed by atoms with Crippen molar-refractivity contribution in [3.63, 3.8) is 0 Å². The fourth-order valence-electron chi connectivity index (χ4n) is 3.31. The summed E-state index contributed by atoms with van der Waals surface area (Å²) in [7, 11) is 0. The van der Waals surface area contributed by atoms with Crippen LogP contribution in [0.25, 0.3) is 11.6 Å². The van der Waals surface area contributed by atoms with E-state index < -0.39 is 0 Å².